The molecule has 0 aliphatic carbocycles. The van der Waals surface area contributed by atoms with Crippen molar-refractivity contribution in [2.45, 2.75) is 26.2 Å². The standard InChI is InChI=1S/C9H17ClN2O/c1-3-4-5-9(11-2)12-8(6-10)7-13/h6,13H,3-5,7H2,1-2H3,(H,11,12)/b8-6+. The van der Waals surface area contributed by atoms with Crippen molar-refractivity contribution in [3.8, 4) is 0 Å². The van der Waals surface area contributed by atoms with Crippen LogP contribution in [-0.2, 0) is 0 Å². The topological polar surface area (TPSA) is 44.6 Å². The van der Waals surface area contributed by atoms with E-state index in [-0.39, 0.29) is 6.61 Å². The van der Waals surface area contributed by atoms with Crippen molar-refractivity contribution >= 4 is 17.4 Å². The number of aliphatic hydroxyl groups is 1. The lowest BCUT2D eigenvalue weighted by molar-refractivity contribution is 0.326. The van der Waals surface area contributed by atoms with E-state index < -0.39 is 0 Å². The molecule has 0 spiro atoms. The summed E-state index contributed by atoms with van der Waals surface area (Å²) in [6.07, 6.45) is 3.10. The van der Waals surface area contributed by atoms with Gasteiger partial charge in [-0.05, 0) is 6.42 Å². The van der Waals surface area contributed by atoms with Gasteiger partial charge in [-0.1, -0.05) is 24.9 Å². The highest BCUT2D eigenvalue weighted by Gasteiger charge is 1.99. The lowest BCUT2D eigenvalue weighted by Crippen LogP contribution is -2.24. The minimum absolute atomic E-state index is 0.0886. The molecule has 0 heterocycles. The Bertz CT molecular complexity index is 190. The first kappa shape index (κ1) is 12.5. The fraction of sp³-hybridized carbons (Fsp3) is 0.667. The van der Waals surface area contributed by atoms with Crippen LogP contribution >= 0.6 is 11.6 Å². The van der Waals surface area contributed by atoms with Crippen LogP contribution in [0.1, 0.15) is 26.2 Å². The molecule has 0 aliphatic rings. The van der Waals surface area contributed by atoms with Gasteiger partial charge < -0.3 is 10.4 Å². The molecule has 0 aromatic carbocycles. The van der Waals surface area contributed by atoms with Crippen molar-refractivity contribution in [3.63, 3.8) is 0 Å². The van der Waals surface area contributed by atoms with Crippen molar-refractivity contribution in [2.24, 2.45) is 4.99 Å². The highest BCUT2D eigenvalue weighted by Crippen LogP contribution is 1.98. The molecule has 3 nitrogen and oxygen atoms in total. The lowest BCUT2D eigenvalue weighted by atomic mass is 10.2. The smallest absolute Gasteiger partial charge is 0.100 e. The van der Waals surface area contributed by atoms with Crippen molar-refractivity contribution < 1.29 is 5.11 Å². The second kappa shape index (κ2) is 8.08. The average Bonchev–Trinajstić information content (AvgIpc) is 2.19. The largest absolute Gasteiger partial charge is 0.390 e. The molecule has 0 saturated carbocycles. The summed E-state index contributed by atoms with van der Waals surface area (Å²) in [4.78, 5) is 4.06. The predicted octanol–water partition coefficient (Wildman–Crippen LogP) is 1.87. The van der Waals surface area contributed by atoms with Gasteiger partial charge in [0.2, 0.25) is 0 Å². The summed E-state index contributed by atoms with van der Waals surface area (Å²) in [7, 11) is 1.72. The predicted molar refractivity (Wildman–Crippen MR) is 57.0 cm³/mol. The van der Waals surface area contributed by atoms with E-state index >= 15 is 0 Å². The Morgan fingerprint density at radius 1 is 1.62 bits per heavy atom. The second-order valence-corrected chi connectivity index (χ2v) is 2.91. The SMILES string of the molecule is CCCCC(=NC)N/C(=C/Cl)CO. The molecule has 0 aromatic heterocycles. The minimum atomic E-state index is -0.0886. The Kier molecular flexibility index (Phi) is 7.74. The molecule has 2 N–H and O–H groups in total. The van der Waals surface area contributed by atoms with Crippen LogP contribution in [-0.4, -0.2) is 24.6 Å². The third-order valence-corrected chi connectivity index (χ3v) is 1.91. The molecule has 76 valence electrons. The van der Waals surface area contributed by atoms with E-state index in [1.54, 1.807) is 7.05 Å². The van der Waals surface area contributed by atoms with E-state index in [0.717, 1.165) is 25.1 Å². The van der Waals surface area contributed by atoms with Gasteiger partial charge in [-0.25, -0.2) is 0 Å². The van der Waals surface area contributed by atoms with Crippen LogP contribution in [0.25, 0.3) is 0 Å². The van der Waals surface area contributed by atoms with Crippen LogP contribution in [0.15, 0.2) is 16.2 Å². The maximum absolute atomic E-state index is 8.83. The summed E-state index contributed by atoms with van der Waals surface area (Å²) in [6, 6.07) is 0. The monoisotopic (exact) mass is 204 g/mol. The van der Waals surface area contributed by atoms with E-state index in [4.69, 9.17) is 16.7 Å². The molecule has 0 unspecified atom stereocenters. The first-order valence-corrected chi connectivity index (χ1v) is 4.84. The van der Waals surface area contributed by atoms with Crippen molar-refractivity contribution in [2.75, 3.05) is 13.7 Å². The van der Waals surface area contributed by atoms with Gasteiger partial charge in [0.1, 0.15) is 5.84 Å². The number of hydrogen-bond acceptors (Lipinski definition) is 2. The first-order chi connectivity index (χ1) is 6.28. The zero-order valence-corrected chi connectivity index (χ0v) is 8.93. The van der Waals surface area contributed by atoms with Crippen LogP contribution in [0, 0.1) is 0 Å². The molecule has 0 rings (SSSR count). The summed E-state index contributed by atoms with van der Waals surface area (Å²) in [5.74, 6) is 0.864. The first-order valence-electron chi connectivity index (χ1n) is 4.41. The van der Waals surface area contributed by atoms with Gasteiger partial charge in [0.05, 0.1) is 12.3 Å². The number of aliphatic hydroxyl groups excluding tert-OH is 1. The van der Waals surface area contributed by atoms with Crippen molar-refractivity contribution in [3.05, 3.63) is 11.2 Å². The van der Waals surface area contributed by atoms with Crippen LogP contribution in [0.5, 0.6) is 0 Å². The maximum atomic E-state index is 8.83. The molecule has 0 fully saturated rings. The molecule has 0 aromatic rings. The van der Waals surface area contributed by atoms with Gasteiger partial charge in [-0.15, -0.1) is 0 Å². The van der Waals surface area contributed by atoms with Crippen molar-refractivity contribution in [1.82, 2.24) is 5.32 Å². The number of hydrogen-bond donors (Lipinski definition) is 2. The van der Waals surface area contributed by atoms with Gasteiger partial charge in [-0.2, -0.15) is 0 Å². The number of aliphatic imine (C=N–C) groups is 1. The van der Waals surface area contributed by atoms with E-state index in [9.17, 15) is 0 Å². The lowest BCUT2D eigenvalue weighted by Gasteiger charge is -2.09. The average molecular weight is 205 g/mol. The quantitative estimate of drug-likeness (QED) is 0.531. The third kappa shape index (κ3) is 5.66. The molecular weight excluding hydrogens is 188 g/mol. The molecule has 0 radical (unpaired) electrons. The molecule has 0 bridgehead atoms. The van der Waals surface area contributed by atoms with E-state index in [1.165, 1.54) is 5.54 Å². The zero-order valence-electron chi connectivity index (χ0n) is 8.18. The summed E-state index contributed by atoms with van der Waals surface area (Å²) < 4.78 is 0. The molecule has 4 heteroatoms. The maximum Gasteiger partial charge on any atom is 0.100 e. The number of halogens is 1. The Morgan fingerprint density at radius 2 is 2.31 bits per heavy atom. The van der Waals surface area contributed by atoms with E-state index in [0.29, 0.717) is 5.70 Å². The highest BCUT2D eigenvalue weighted by molar-refractivity contribution is 6.25. The summed E-state index contributed by atoms with van der Waals surface area (Å²) in [6.45, 7) is 2.03. The van der Waals surface area contributed by atoms with Gasteiger partial charge >= 0.3 is 0 Å². The molecule has 13 heavy (non-hydrogen) atoms. The molecule has 0 saturated heterocycles. The van der Waals surface area contributed by atoms with Gasteiger partial charge in [0.25, 0.3) is 0 Å². The molecule has 0 amide bonds. The fourth-order valence-electron chi connectivity index (χ4n) is 0.861. The summed E-state index contributed by atoms with van der Waals surface area (Å²) >= 11 is 5.46. The number of unbranched alkanes of at least 4 members (excludes halogenated alkanes) is 1. The number of rotatable bonds is 5. The Labute approximate surface area is 84.5 Å². The molecule has 0 aliphatic heterocycles. The second-order valence-electron chi connectivity index (χ2n) is 2.69. The normalized spacial score (nSPS) is 13.2. The molecule has 0 atom stereocenters. The number of nitrogens with zero attached hydrogens (tertiary/aromatic N) is 1. The van der Waals surface area contributed by atoms with Crippen LogP contribution in [0.4, 0.5) is 0 Å². The Morgan fingerprint density at radius 3 is 2.69 bits per heavy atom. The van der Waals surface area contributed by atoms with Crippen LogP contribution < -0.4 is 5.32 Å². The van der Waals surface area contributed by atoms with Crippen LogP contribution in [0.3, 0.4) is 0 Å². The van der Waals surface area contributed by atoms with Gasteiger partial charge in [0.15, 0.2) is 0 Å². The fourth-order valence-corrected chi connectivity index (χ4v) is 0.985. The summed E-state index contributed by atoms with van der Waals surface area (Å²) in [5, 5.41) is 11.8. The highest BCUT2D eigenvalue weighted by atomic mass is 35.5. The van der Waals surface area contributed by atoms with E-state index in [2.05, 4.69) is 17.2 Å². The minimum Gasteiger partial charge on any atom is -0.390 e. The Hall–Kier alpha value is -0.540. The van der Waals surface area contributed by atoms with Crippen LogP contribution in [0.2, 0.25) is 0 Å². The third-order valence-electron chi connectivity index (χ3n) is 1.64. The molecular formula is C9H17ClN2O. The van der Waals surface area contributed by atoms with Crippen molar-refractivity contribution in [1.29, 1.82) is 0 Å². The Balaban J connectivity index is 3.98. The zero-order chi connectivity index (χ0) is 10.1. The number of amidine groups is 1. The van der Waals surface area contributed by atoms with E-state index in [1.807, 2.05) is 0 Å². The van der Waals surface area contributed by atoms with Gasteiger partial charge in [-0.3, -0.25) is 4.99 Å². The van der Waals surface area contributed by atoms with Gasteiger partial charge in [0, 0.05) is 19.0 Å². The summed E-state index contributed by atoms with van der Waals surface area (Å²) in [5.41, 5.74) is 1.91. The number of nitrogens with one attached hydrogen (secondary N) is 1.